The van der Waals surface area contributed by atoms with Gasteiger partial charge >= 0.3 is 0 Å². The fraction of sp³-hybridized carbons (Fsp3) is 0.900. The largest absolute Gasteiger partial charge is 0.375 e. The molecule has 2 unspecified atom stereocenters. The first-order valence-electron chi connectivity index (χ1n) is 10.8. The Balaban J connectivity index is 1.47. The summed E-state index contributed by atoms with van der Waals surface area (Å²) < 4.78 is 11.7. The van der Waals surface area contributed by atoms with Crippen molar-refractivity contribution in [3.8, 4) is 0 Å². The molecule has 0 radical (unpaired) electrons. The van der Waals surface area contributed by atoms with Gasteiger partial charge in [-0.3, -0.25) is 9.79 Å². The monoisotopic (exact) mass is 380 g/mol. The van der Waals surface area contributed by atoms with Crippen LogP contribution in [0.5, 0.6) is 0 Å². The molecule has 2 atom stereocenters. The minimum atomic E-state index is 0.111. The first-order chi connectivity index (χ1) is 13.3. The van der Waals surface area contributed by atoms with Crippen LogP contribution in [0.2, 0.25) is 0 Å². The maximum Gasteiger partial charge on any atom is 0.222 e. The summed E-state index contributed by atoms with van der Waals surface area (Å²) in [5.41, 5.74) is 0. The lowest BCUT2D eigenvalue weighted by atomic mass is 9.95. The zero-order valence-corrected chi connectivity index (χ0v) is 16.8. The average Bonchev–Trinajstić information content (AvgIpc) is 3.23. The van der Waals surface area contributed by atoms with Gasteiger partial charge in [-0.1, -0.05) is 19.3 Å². The molecule has 0 aromatic heterocycles. The summed E-state index contributed by atoms with van der Waals surface area (Å²) >= 11 is 0. The molecule has 1 saturated carbocycles. The molecule has 7 nitrogen and oxygen atoms in total. The molecule has 3 rings (SSSR count). The number of hydrogen-bond donors (Lipinski definition) is 2. The predicted molar refractivity (Wildman–Crippen MR) is 106 cm³/mol. The Morgan fingerprint density at radius 2 is 1.89 bits per heavy atom. The van der Waals surface area contributed by atoms with E-state index in [-0.39, 0.29) is 18.1 Å². The normalized spacial score (nSPS) is 27.6. The summed E-state index contributed by atoms with van der Waals surface area (Å²) in [6, 6.07) is 0.370. The molecule has 3 aliphatic rings. The predicted octanol–water partition coefficient (Wildman–Crippen LogP) is 1.67. The Morgan fingerprint density at radius 1 is 1.07 bits per heavy atom. The van der Waals surface area contributed by atoms with Crippen LogP contribution in [0.25, 0.3) is 0 Å². The second-order valence-electron chi connectivity index (χ2n) is 7.79. The van der Waals surface area contributed by atoms with Gasteiger partial charge in [0.25, 0.3) is 0 Å². The van der Waals surface area contributed by atoms with Crippen LogP contribution in [0.3, 0.4) is 0 Å². The van der Waals surface area contributed by atoms with E-state index in [1.54, 1.807) is 0 Å². The number of rotatable bonds is 6. The molecule has 2 heterocycles. The van der Waals surface area contributed by atoms with Crippen LogP contribution in [0, 0.1) is 0 Å². The smallest absolute Gasteiger partial charge is 0.222 e. The molecule has 2 saturated heterocycles. The van der Waals surface area contributed by atoms with Crippen LogP contribution in [0.4, 0.5) is 0 Å². The quantitative estimate of drug-likeness (QED) is 0.542. The van der Waals surface area contributed by atoms with E-state index in [0.717, 1.165) is 57.9 Å². The van der Waals surface area contributed by atoms with Crippen molar-refractivity contribution >= 4 is 11.9 Å². The Hall–Kier alpha value is -1.34. The number of hydrogen-bond acceptors (Lipinski definition) is 4. The van der Waals surface area contributed by atoms with Gasteiger partial charge in [-0.25, -0.2) is 0 Å². The minimum Gasteiger partial charge on any atom is -0.375 e. The summed E-state index contributed by atoms with van der Waals surface area (Å²) in [5.74, 6) is 1.01. The molecule has 7 heteroatoms. The Labute approximate surface area is 163 Å². The number of amides is 1. The number of carbonyl (C=O) groups excluding carboxylic acids is 1. The summed E-state index contributed by atoms with van der Waals surface area (Å²) in [6.45, 7) is 6.56. The Morgan fingerprint density at radius 3 is 2.63 bits per heavy atom. The number of morpholine rings is 1. The molecule has 1 amide bonds. The van der Waals surface area contributed by atoms with E-state index >= 15 is 0 Å². The van der Waals surface area contributed by atoms with Crippen LogP contribution < -0.4 is 10.6 Å². The zero-order chi connectivity index (χ0) is 18.9. The van der Waals surface area contributed by atoms with Crippen molar-refractivity contribution in [2.24, 2.45) is 4.99 Å². The van der Waals surface area contributed by atoms with Crippen LogP contribution >= 0.6 is 0 Å². The maximum atomic E-state index is 12.2. The van der Waals surface area contributed by atoms with E-state index in [9.17, 15) is 4.79 Å². The van der Waals surface area contributed by atoms with Crippen LogP contribution in [-0.2, 0) is 14.3 Å². The van der Waals surface area contributed by atoms with Crippen LogP contribution in [0.15, 0.2) is 4.99 Å². The number of nitrogens with one attached hydrogen (secondary N) is 2. The lowest BCUT2D eigenvalue weighted by molar-refractivity contribution is -0.121. The van der Waals surface area contributed by atoms with Gasteiger partial charge in [-0.2, -0.15) is 0 Å². The average molecular weight is 381 g/mol. The van der Waals surface area contributed by atoms with Gasteiger partial charge in [-0.05, 0) is 32.6 Å². The van der Waals surface area contributed by atoms with Crippen molar-refractivity contribution in [1.82, 2.24) is 15.5 Å². The standard InChI is InChI=1S/C20H36N4O3/c1-2-21-20(22-11-10-19(25)23-16-7-4-3-5-8-16)24-12-14-27-18(15-24)17-9-6-13-26-17/h16-18H,2-15H2,1H3,(H,21,22)(H,23,25). The van der Waals surface area contributed by atoms with Crippen molar-refractivity contribution in [3.05, 3.63) is 0 Å². The summed E-state index contributed by atoms with van der Waals surface area (Å²) in [7, 11) is 0. The Bertz CT molecular complexity index is 488. The molecule has 0 bridgehead atoms. The number of carbonyl (C=O) groups is 1. The van der Waals surface area contributed by atoms with Gasteiger partial charge < -0.3 is 25.0 Å². The fourth-order valence-corrected chi connectivity index (χ4v) is 4.22. The zero-order valence-electron chi connectivity index (χ0n) is 16.8. The molecule has 0 aromatic rings. The number of ether oxygens (including phenoxy) is 2. The Kier molecular flexibility index (Phi) is 8.20. The van der Waals surface area contributed by atoms with Gasteiger partial charge in [0.2, 0.25) is 5.91 Å². The summed E-state index contributed by atoms with van der Waals surface area (Å²) in [5, 5.41) is 6.54. The SMILES string of the molecule is CCNC(=NCCC(=O)NC1CCCCC1)N1CCOC(C2CCCO2)C1. The molecule has 2 N–H and O–H groups in total. The van der Waals surface area contributed by atoms with E-state index in [0.29, 0.717) is 25.6 Å². The number of nitrogens with zero attached hydrogens (tertiary/aromatic N) is 2. The van der Waals surface area contributed by atoms with Crippen molar-refractivity contribution in [1.29, 1.82) is 0 Å². The minimum absolute atomic E-state index is 0.111. The van der Waals surface area contributed by atoms with Crippen molar-refractivity contribution < 1.29 is 14.3 Å². The van der Waals surface area contributed by atoms with Crippen LogP contribution in [0.1, 0.15) is 58.3 Å². The number of aliphatic imine (C=N–C) groups is 1. The first-order valence-corrected chi connectivity index (χ1v) is 10.8. The maximum absolute atomic E-state index is 12.2. The van der Waals surface area contributed by atoms with Gasteiger partial charge in [0.05, 0.1) is 19.3 Å². The molecule has 154 valence electrons. The lowest BCUT2D eigenvalue weighted by Gasteiger charge is -2.37. The second kappa shape index (κ2) is 10.9. The lowest BCUT2D eigenvalue weighted by Crippen LogP contribution is -2.53. The van der Waals surface area contributed by atoms with E-state index in [4.69, 9.17) is 14.5 Å². The third-order valence-corrected chi connectivity index (χ3v) is 5.68. The van der Waals surface area contributed by atoms with Crippen LogP contribution in [-0.4, -0.2) is 74.4 Å². The van der Waals surface area contributed by atoms with E-state index in [2.05, 4.69) is 22.5 Å². The molecule has 2 aliphatic heterocycles. The van der Waals surface area contributed by atoms with Crippen molar-refractivity contribution in [2.75, 3.05) is 39.4 Å². The molecule has 0 aromatic carbocycles. The van der Waals surface area contributed by atoms with Gasteiger partial charge in [0.1, 0.15) is 6.10 Å². The third kappa shape index (κ3) is 6.35. The molecule has 0 spiro atoms. The highest BCUT2D eigenvalue weighted by atomic mass is 16.5. The van der Waals surface area contributed by atoms with E-state index in [1.165, 1.54) is 19.3 Å². The fourth-order valence-electron chi connectivity index (χ4n) is 4.22. The molecule has 1 aliphatic carbocycles. The molecular weight excluding hydrogens is 344 g/mol. The molecular formula is C20H36N4O3. The second-order valence-corrected chi connectivity index (χ2v) is 7.79. The topological polar surface area (TPSA) is 75.2 Å². The first kappa shape index (κ1) is 20.4. The van der Waals surface area contributed by atoms with Gasteiger partial charge in [-0.15, -0.1) is 0 Å². The van der Waals surface area contributed by atoms with E-state index < -0.39 is 0 Å². The van der Waals surface area contributed by atoms with Gasteiger partial charge in [0, 0.05) is 38.7 Å². The summed E-state index contributed by atoms with van der Waals surface area (Å²) in [6.07, 6.45) is 8.97. The van der Waals surface area contributed by atoms with Crippen molar-refractivity contribution in [3.63, 3.8) is 0 Å². The van der Waals surface area contributed by atoms with Gasteiger partial charge in [0.15, 0.2) is 5.96 Å². The number of guanidine groups is 1. The molecule has 27 heavy (non-hydrogen) atoms. The highest BCUT2D eigenvalue weighted by molar-refractivity contribution is 5.81. The summed E-state index contributed by atoms with van der Waals surface area (Å²) in [4.78, 5) is 19.2. The highest BCUT2D eigenvalue weighted by Gasteiger charge is 2.32. The third-order valence-electron chi connectivity index (χ3n) is 5.68. The molecule has 3 fully saturated rings. The van der Waals surface area contributed by atoms with E-state index in [1.807, 2.05) is 0 Å². The van der Waals surface area contributed by atoms with Crippen molar-refractivity contribution in [2.45, 2.75) is 76.5 Å². The highest BCUT2D eigenvalue weighted by Crippen LogP contribution is 2.21.